The fourth-order valence-corrected chi connectivity index (χ4v) is 4.56. The van der Waals surface area contributed by atoms with Gasteiger partial charge in [0.25, 0.3) is 5.78 Å². The lowest BCUT2D eigenvalue weighted by Gasteiger charge is -2.23. The quantitative estimate of drug-likeness (QED) is 0.254. The fraction of sp³-hybridized carbons (Fsp3) is 0.174. The summed E-state index contributed by atoms with van der Waals surface area (Å²) in [7, 11) is 0. The van der Waals surface area contributed by atoms with Gasteiger partial charge in [-0.05, 0) is 43.7 Å². The normalized spacial score (nSPS) is 17.4. The number of aromatic hydroxyl groups is 1. The lowest BCUT2D eigenvalue weighted by molar-refractivity contribution is -0.132. The Kier molecular flexibility index (Phi) is 5.93. The smallest absolute Gasteiger partial charge is 0.350 e. The number of phenolic OH excluding ortho intramolecular Hbond substituents is 1. The van der Waals surface area contributed by atoms with Crippen molar-refractivity contribution >= 4 is 39.9 Å². The third kappa shape index (κ3) is 3.96. The van der Waals surface area contributed by atoms with Crippen LogP contribution in [0.15, 0.2) is 54.4 Å². The van der Waals surface area contributed by atoms with Gasteiger partial charge in [0, 0.05) is 18.0 Å². The Morgan fingerprint density at radius 2 is 1.94 bits per heavy atom. The Morgan fingerprint density at radius 1 is 1.21 bits per heavy atom. The summed E-state index contributed by atoms with van der Waals surface area (Å²) in [4.78, 5) is 48.1. The maximum Gasteiger partial charge on any atom is 0.350 e. The van der Waals surface area contributed by atoms with Crippen molar-refractivity contribution in [1.82, 2.24) is 9.97 Å². The number of carbonyl (C=O) groups is 3. The van der Waals surface area contributed by atoms with E-state index in [0.29, 0.717) is 16.8 Å². The number of nitrogens with zero attached hydrogens (tertiary/aromatic N) is 3. The van der Waals surface area contributed by atoms with Gasteiger partial charge >= 0.3 is 11.9 Å². The molecule has 1 aliphatic heterocycles. The molecular weight excluding hydrogens is 446 g/mol. The van der Waals surface area contributed by atoms with Gasteiger partial charge in [0.05, 0.1) is 23.9 Å². The number of aromatic nitrogens is 2. The summed E-state index contributed by atoms with van der Waals surface area (Å²) in [6, 6.07) is 7.97. The molecule has 3 aromatic rings. The van der Waals surface area contributed by atoms with Crippen molar-refractivity contribution in [3.8, 4) is 5.75 Å². The number of anilines is 1. The topological polar surface area (TPSA) is 130 Å². The van der Waals surface area contributed by atoms with E-state index in [1.54, 1.807) is 26.0 Å². The van der Waals surface area contributed by atoms with Crippen LogP contribution in [-0.2, 0) is 14.3 Å². The van der Waals surface area contributed by atoms with E-state index in [4.69, 9.17) is 4.74 Å². The zero-order valence-electron chi connectivity index (χ0n) is 17.7. The second-order valence-corrected chi connectivity index (χ2v) is 8.11. The maximum atomic E-state index is 13.1. The van der Waals surface area contributed by atoms with E-state index < -0.39 is 23.7 Å². The number of esters is 1. The molecule has 1 aromatic carbocycles. The van der Waals surface area contributed by atoms with Gasteiger partial charge in [-0.2, -0.15) is 0 Å². The van der Waals surface area contributed by atoms with Crippen LogP contribution in [0.2, 0.25) is 0 Å². The predicted molar refractivity (Wildman–Crippen MR) is 120 cm³/mol. The maximum absolute atomic E-state index is 13.1. The number of carbonyl (C=O) groups excluding carboxylic acids is 3. The van der Waals surface area contributed by atoms with Gasteiger partial charge in [0.1, 0.15) is 16.4 Å². The lowest BCUT2D eigenvalue weighted by Crippen LogP contribution is -2.29. The molecule has 1 amide bonds. The zero-order chi connectivity index (χ0) is 23.7. The van der Waals surface area contributed by atoms with Crippen molar-refractivity contribution in [2.24, 2.45) is 0 Å². The van der Waals surface area contributed by atoms with E-state index >= 15 is 0 Å². The van der Waals surface area contributed by atoms with Gasteiger partial charge in [0.15, 0.2) is 5.13 Å². The highest BCUT2D eigenvalue weighted by Gasteiger charge is 2.48. The number of pyridine rings is 1. The molecule has 0 radical (unpaired) electrons. The van der Waals surface area contributed by atoms with Gasteiger partial charge < -0.3 is 14.9 Å². The molecule has 2 aromatic heterocycles. The number of amides is 1. The monoisotopic (exact) mass is 465 g/mol. The van der Waals surface area contributed by atoms with Crippen LogP contribution in [0.25, 0.3) is 5.76 Å². The second kappa shape index (κ2) is 8.83. The summed E-state index contributed by atoms with van der Waals surface area (Å²) in [6.07, 6.45) is 2.90. The molecular formula is C23H19N3O6S. The third-order valence-corrected chi connectivity index (χ3v) is 6.17. The fourth-order valence-electron chi connectivity index (χ4n) is 3.58. The molecule has 0 spiro atoms. The number of Topliss-reactive ketones (excluding diaryl/α,β-unsaturated/α-hetero) is 1. The van der Waals surface area contributed by atoms with Crippen molar-refractivity contribution in [3.05, 3.63) is 76.1 Å². The first-order chi connectivity index (χ1) is 15.8. The van der Waals surface area contributed by atoms with E-state index in [9.17, 15) is 24.6 Å². The van der Waals surface area contributed by atoms with Crippen LogP contribution < -0.4 is 4.90 Å². The molecule has 1 saturated heterocycles. The van der Waals surface area contributed by atoms with Crippen LogP contribution in [0.3, 0.4) is 0 Å². The molecule has 3 heterocycles. The molecule has 9 nitrogen and oxygen atoms in total. The summed E-state index contributed by atoms with van der Waals surface area (Å²) in [6.45, 7) is 3.45. The first kappa shape index (κ1) is 22.2. The average Bonchev–Trinajstić information content (AvgIpc) is 3.31. The van der Waals surface area contributed by atoms with Gasteiger partial charge in [-0.1, -0.05) is 23.5 Å². The Balaban J connectivity index is 1.92. The minimum atomic E-state index is -1.08. The Labute approximate surface area is 192 Å². The van der Waals surface area contributed by atoms with Crippen molar-refractivity contribution in [3.63, 3.8) is 0 Å². The minimum Gasteiger partial charge on any atom is -0.508 e. The number of ether oxygens (including phenoxy) is 1. The van der Waals surface area contributed by atoms with E-state index in [1.165, 1.54) is 36.7 Å². The molecule has 33 heavy (non-hydrogen) atoms. The number of rotatable bonds is 5. The number of phenols is 1. The first-order valence-corrected chi connectivity index (χ1v) is 10.8. The average molecular weight is 465 g/mol. The van der Waals surface area contributed by atoms with E-state index in [0.717, 1.165) is 16.2 Å². The molecule has 2 N–H and O–H groups in total. The number of ketones is 1. The number of hydrogen-bond acceptors (Lipinski definition) is 9. The van der Waals surface area contributed by atoms with Gasteiger partial charge in [0.2, 0.25) is 0 Å². The summed E-state index contributed by atoms with van der Waals surface area (Å²) in [5.41, 5.74) is 0.868. The van der Waals surface area contributed by atoms with Crippen molar-refractivity contribution in [2.75, 3.05) is 11.5 Å². The molecule has 168 valence electrons. The molecule has 0 saturated carbocycles. The van der Waals surface area contributed by atoms with E-state index in [2.05, 4.69) is 9.97 Å². The summed E-state index contributed by atoms with van der Waals surface area (Å²) >= 11 is 0.913. The van der Waals surface area contributed by atoms with E-state index in [-0.39, 0.29) is 33.7 Å². The van der Waals surface area contributed by atoms with Crippen LogP contribution in [0.1, 0.15) is 39.5 Å². The van der Waals surface area contributed by atoms with Crippen LogP contribution >= 0.6 is 11.3 Å². The SMILES string of the molecule is CCOC(=O)c1sc(N2C(=O)C(=O)/C(=C(/O)c3ccncc3)C2c2cccc(O)c2)nc1C. The number of benzene rings is 1. The molecule has 1 aliphatic rings. The van der Waals surface area contributed by atoms with Crippen LogP contribution in [0.5, 0.6) is 5.75 Å². The largest absolute Gasteiger partial charge is 0.508 e. The van der Waals surface area contributed by atoms with Gasteiger partial charge in [-0.15, -0.1) is 0 Å². The molecule has 0 aliphatic carbocycles. The first-order valence-electron chi connectivity index (χ1n) is 9.98. The Morgan fingerprint density at radius 3 is 2.61 bits per heavy atom. The van der Waals surface area contributed by atoms with Crippen molar-refractivity contribution in [1.29, 1.82) is 0 Å². The molecule has 4 rings (SSSR count). The highest BCUT2D eigenvalue weighted by Crippen LogP contribution is 2.44. The summed E-state index contributed by atoms with van der Waals surface area (Å²) < 4.78 is 5.05. The Bertz CT molecular complexity index is 1280. The highest BCUT2D eigenvalue weighted by atomic mass is 32.1. The number of aliphatic hydroxyl groups excluding tert-OH is 1. The highest BCUT2D eigenvalue weighted by molar-refractivity contribution is 7.17. The predicted octanol–water partition coefficient (Wildman–Crippen LogP) is 3.36. The van der Waals surface area contributed by atoms with Crippen LogP contribution in [0, 0.1) is 6.92 Å². The molecule has 1 unspecified atom stereocenters. The molecule has 0 bridgehead atoms. The van der Waals surface area contributed by atoms with Gasteiger partial charge in [-0.25, -0.2) is 9.78 Å². The molecule has 1 fully saturated rings. The number of thiazole rings is 1. The van der Waals surface area contributed by atoms with Gasteiger partial charge in [-0.3, -0.25) is 19.5 Å². The lowest BCUT2D eigenvalue weighted by atomic mass is 9.95. The summed E-state index contributed by atoms with van der Waals surface area (Å²) in [5.74, 6) is -2.87. The standard InChI is InChI=1S/C23H19N3O6S/c1-3-32-22(31)20-12(2)25-23(33-20)26-17(14-5-4-6-15(27)11-14)16(19(29)21(26)30)18(28)13-7-9-24-10-8-13/h4-11,17,27-28H,3H2,1-2H3/b18-16+. The zero-order valence-corrected chi connectivity index (χ0v) is 18.5. The summed E-state index contributed by atoms with van der Waals surface area (Å²) in [5, 5.41) is 21.1. The number of aliphatic hydroxyl groups is 1. The van der Waals surface area contributed by atoms with Crippen LogP contribution in [0.4, 0.5) is 5.13 Å². The molecule has 10 heteroatoms. The number of aryl methyl sites for hydroxylation is 1. The second-order valence-electron chi connectivity index (χ2n) is 7.13. The minimum absolute atomic E-state index is 0.0791. The Hall–Kier alpha value is -4.05. The third-order valence-electron chi connectivity index (χ3n) is 5.04. The van der Waals surface area contributed by atoms with Crippen molar-refractivity contribution in [2.45, 2.75) is 19.9 Å². The van der Waals surface area contributed by atoms with Crippen molar-refractivity contribution < 1.29 is 29.3 Å². The van der Waals surface area contributed by atoms with E-state index in [1.807, 2.05) is 0 Å². The van der Waals surface area contributed by atoms with Crippen LogP contribution in [-0.4, -0.2) is 44.4 Å². The number of hydrogen-bond donors (Lipinski definition) is 2. The molecule has 1 atom stereocenters.